The van der Waals surface area contributed by atoms with Crippen LogP contribution in [-0.2, 0) is 0 Å². The van der Waals surface area contributed by atoms with E-state index in [1.807, 2.05) is 0 Å². The fraction of sp³-hybridized carbons (Fsp3) is 0. The summed E-state index contributed by atoms with van der Waals surface area (Å²) in [6.45, 7) is 0. The van der Waals surface area contributed by atoms with E-state index in [1.54, 1.807) is 0 Å². The predicted molar refractivity (Wildman–Crippen MR) is 208 cm³/mol. The fourth-order valence-corrected chi connectivity index (χ4v) is 7.87. The van der Waals surface area contributed by atoms with E-state index < -0.39 is 0 Å². The van der Waals surface area contributed by atoms with Gasteiger partial charge in [0, 0.05) is 38.2 Å². The summed E-state index contributed by atoms with van der Waals surface area (Å²) in [5.74, 6) is 0. The van der Waals surface area contributed by atoms with Gasteiger partial charge in [-0.2, -0.15) is 0 Å². The molecule has 0 N–H and O–H groups in total. The van der Waals surface area contributed by atoms with Crippen LogP contribution in [0.1, 0.15) is 0 Å². The zero-order valence-corrected chi connectivity index (χ0v) is 26.9. The number of rotatable bonds is 3. The van der Waals surface area contributed by atoms with Gasteiger partial charge in [0.15, 0.2) is 0 Å². The summed E-state index contributed by atoms with van der Waals surface area (Å²) >= 11 is 0. The van der Waals surface area contributed by atoms with Crippen molar-refractivity contribution in [2.24, 2.45) is 0 Å². The quantitative estimate of drug-likeness (QED) is 0.182. The molecule has 11 rings (SSSR count). The zero-order chi connectivity index (χ0) is 32.8. The summed E-state index contributed by atoms with van der Waals surface area (Å²) < 4.78 is 0. The van der Waals surface area contributed by atoms with Gasteiger partial charge >= 0.3 is 0 Å². The van der Waals surface area contributed by atoms with Gasteiger partial charge in [-0.25, -0.2) is 15.0 Å². The maximum Gasteiger partial charge on any atom is 0.0972 e. The highest BCUT2D eigenvalue weighted by Crippen LogP contribution is 2.48. The van der Waals surface area contributed by atoms with E-state index in [2.05, 4.69) is 164 Å². The van der Waals surface area contributed by atoms with E-state index in [9.17, 15) is 0 Å². The highest BCUT2D eigenvalue weighted by Gasteiger charge is 2.21. The molecule has 3 aromatic heterocycles. The van der Waals surface area contributed by atoms with Gasteiger partial charge in [-0.3, -0.25) is 0 Å². The second kappa shape index (κ2) is 10.4. The van der Waals surface area contributed by atoms with Crippen LogP contribution in [0.2, 0.25) is 0 Å². The molecule has 50 heavy (non-hydrogen) atoms. The van der Waals surface area contributed by atoms with Gasteiger partial charge in [-0.05, 0) is 62.7 Å². The summed E-state index contributed by atoms with van der Waals surface area (Å²) in [6.07, 6.45) is 0. The molecule has 0 amide bonds. The van der Waals surface area contributed by atoms with Crippen LogP contribution in [0.4, 0.5) is 0 Å². The summed E-state index contributed by atoms with van der Waals surface area (Å²) in [5.41, 5.74) is 14.1. The number of hydrogen-bond donors (Lipinski definition) is 0. The molecule has 0 atom stereocenters. The number of nitrogens with zero attached hydrogens (tertiary/aromatic N) is 3. The summed E-state index contributed by atoms with van der Waals surface area (Å²) in [4.78, 5) is 15.6. The molecule has 0 saturated heterocycles. The van der Waals surface area contributed by atoms with Crippen molar-refractivity contribution in [2.75, 3.05) is 0 Å². The molecule has 1 aliphatic carbocycles. The highest BCUT2D eigenvalue weighted by molar-refractivity contribution is 6.15. The number of hydrogen-bond acceptors (Lipinski definition) is 3. The highest BCUT2D eigenvalue weighted by atomic mass is 14.8. The molecule has 3 heterocycles. The smallest absolute Gasteiger partial charge is 0.0972 e. The average molecular weight is 634 g/mol. The second-order valence-corrected chi connectivity index (χ2v) is 13.2. The normalized spacial score (nSPS) is 12.0. The van der Waals surface area contributed by atoms with Crippen molar-refractivity contribution in [2.45, 2.75) is 0 Å². The third-order valence-corrected chi connectivity index (χ3v) is 10.4. The van der Waals surface area contributed by atoms with Crippen LogP contribution in [0, 0.1) is 0 Å². The first-order valence-corrected chi connectivity index (χ1v) is 17.0. The minimum atomic E-state index is 0.910. The molecule has 10 aromatic rings. The first kappa shape index (κ1) is 27.3. The molecule has 0 spiro atoms. The fourth-order valence-electron chi connectivity index (χ4n) is 7.87. The van der Waals surface area contributed by atoms with Crippen molar-refractivity contribution < 1.29 is 0 Å². The van der Waals surface area contributed by atoms with Crippen molar-refractivity contribution in [3.05, 3.63) is 164 Å². The minimum absolute atomic E-state index is 0.910. The molecule has 7 aromatic carbocycles. The Morgan fingerprint density at radius 2 is 0.760 bits per heavy atom. The Kier molecular flexibility index (Phi) is 5.67. The third kappa shape index (κ3) is 4.07. The summed E-state index contributed by atoms with van der Waals surface area (Å²) in [5, 5.41) is 8.29. The van der Waals surface area contributed by atoms with Crippen molar-refractivity contribution >= 4 is 54.3 Å². The molecule has 3 heteroatoms. The Morgan fingerprint density at radius 1 is 0.280 bits per heavy atom. The summed E-state index contributed by atoms with van der Waals surface area (Å²) in [6, 6.07) is 58.4. The molecule has 0 radical (unpaired) electrons. The Morgan fingerprint density at radius 3 is 1.42 bits per heavy atom. The van der Waals surface area contributed by atoms with Crippen molar-refractivity contribution in [3.63, 3.8) is 0 Å². The molecule has 0 fully saturated rings. The largest absolute Gasteiger partial charge is 0.247 e. The van der Waals surface area contributed by atoms with Crippen LogP contribution in [0.3, 0.4) is 0 Å². The number of pyridine rings is 3. The Labute approximate surface area is 288 Å². The summed E-state index contributed by atoms with van der Waals surface area (Å²) in [7, 11) is 0. The van der Waals surface area contributed by atoms with Crippen LogP contribution in [0.25, 0.3) is 110 Å². The molecule has 0 bridgehead atoms. The molecule has 3 nitrogen and oxygen atoms in total. The van der Waals surface area contributed by atoms with Gasteiger partial charge in [0.05, 0.1) is 33.6 Å². The monoisotopic (exact) mass is 633 g/mol. The van der Waals surface area contributed by atoms with E-state index in [1.165, 1.54) is 43.8 Å². The molecular weight excluding hydrogens is 607 g/mol. The first-order valence-electron chi connectivity index (χ1n) is 17.0. The maximum absolute atomic E-state index is 5.26. The van der Waals surface area contributed by atoms with Crippen LogP contribution in [0.15, 0.2) is 164 Å². The number of benzene rings is 7. The van der Waals surface area contributed by atoms with E-state index >= 15 is 0 Å². The lowest BCUT2D eigenvalue weighted by atomic mass is 9.99. The van der Waals surface area contributed by atoms with E-state index in [0.717, 1.165) is 66.5 Å². The molecule has 0 unspecified atom stereocenters. The maximum atomic E-state index is 5.26. The van der Waals surface area contributed by atoms with Crippen LogP contribution >= 0.6 is 0 Å². The van der Waals surface area contributed by atoms with Crippen molar-refractivity contribution in [1.29, 1.82) is 0 Å². The van der Waals surface area contributed by atoms with Gasteiger partial charge in [0.25, 0.3) is 0 Å². The number of fused-ring (bicyclic) bond motifs is 9. The Hall–Kier alpha value is -6.71. The Balaban J connectivity index is 0.976. The predicted octanol–water partition coefficient (Wildman–Crippen LogP) is 12.3. The lowest BCUT2D eigenvalue weighted by Crippen LogP contribution is -1.92. The molecule has 0 aliphatic heterocycles. The van der Waals surface area contributed by atoms with Gasteiger partial charge in [-0.1, -0.05) is 140 Å². The van der Waals surface area contributed by atoms with Crippen LogP contribution in [-0.4, -0.2) is 15.0 Å². The molecule has 0 saturated carbocycles. The van der Waals surface area contributed by atoms with Crippen molar-refractivity contribution in [3.8, 4) is 56.0 Å². The SMILES string of the molecule is c1cc2c3c(cccc3c1)-c1cc(-c3ccc4ccc5ccc(-c6ccc(-c7ccc8ccc9ccccc9c8n7)cc6)nc5c4n3)ccc1-2. The van der Waals surface area contributed by atoms with E-state index in [0.29, 0.717) is 0 Å². The lowest BCUT2D eigenvalue weighted by Gasteiger charge is -2.10. The zero-order valence-electron chi connectivity index (χ0n) is 26.9. The first-order chi connectivity index (χ1) is 24.7. The third-order valence-electron chi connectivity index (χ3n) is 10.4. The van der Waals surface area contributed by atoms with E-state index in [4.69, 9.17) is 15.0 Å². The average Bonchev–Trinajstić information content (AvgIpc) is 3.51. The van der Waals surface area contributed by atoms with Crippen LogP contribution < -0.4 is 0 Å². The Bertz CT molecular complexity index is 3030. The molecular formula is C47H27N3. The van der Waals surface area contributed by atoms with E-state index in [-0.39, 0.29) is 0 Å². The van der Waals surface area contributed by atoms with Gasteiger partial charge < -0.3 is 0 Å². The standard InChI is InChI=1S/C47H27N3/c1-2-8-36-28(5-1)11-16-32-20-24-41(48-45(32)36)29-12-14-30(15-13-29)42-25-21-33-17-18-34-22-26-43(50-47(34)46(33)49-42)35-19-23-37-38-9-3-6-31-7-4-10-39(44(31)38)40(37)27-35/h1-27H. The second-order valence-electron chi connectivity index (χ2n) is 13.2. The topological polar surface area (TPSA) is 38.7 Å². The molecule has 230 valence electrons. The van der Waals surface area contributed by atoms with Gasteiger partial charge in [-0.15, -0.1) is 0 Å². The van der Waals surface area contributed by atoms with Crippen molar-refractivity contribution in [1.82, 2.24) is 15.0 Å². The minimum Gasteiger partial charge on any atom is -0.247 e. The van der Waals surface area contributed by atoms with Gasteiger partial charge in [0.1, 0.15) is 0 Å². The van der Waals surface area contributed by atoms with Gasteiger partial charge in [0.2, 0.25) is 0 Å². The lowest BCUT2D eigenvalue weighted by molar-refractivity contribution is 1.36. The van der Waals surface area contributed by atoms with Crippen LogP contribution in [0.5, 0.6) is 0 Å². The number of aromatic nitrogens is 3. The molecule has 1 aliphatic rings.